The van der Waals surface area contributed by atoms with Gasteiger partial charge in [0.15, 0.2) is 0 Å². The number of likely N-dealkylation sites (N-methyl/N-ethyl adjacent to an activating group) is 1. The maximum Gasteiger partial charge on any atom is 0.0193 e. The monoisotopic (exact) mass is 142 g/mol. The van der Waals surface area contributed by atoms with Crippen LogP contribution in [0, 0.1) is 0 Å². The van der Waals surface area contributed by atoms with Crippen LogP contribution in [0.4, 0.5) is 0 Å². The molecule has 0 aliphatic carbocycles. The lowest BCUT2D eigenvalue weighted by Crippen LogP contribution is -2.53. The van der Waals surface area contributed by atoms with Crippen LogP contribution < -0.4 is 5.32 Å². The molecule has 1 fully saturated rings. The number of hydrogen-bond acceptors (Lipinski definition) is 2. The Hall–Kier alpha value is -0.0800. The van der Waals surface area contributed by atoms with E-state index in [1.165, 1.54) is 13.0 Å². The molecular weight excluding hydrogens is 124 g/mol. The molecule has 2 heteroatoms. The third kappa shape index (κ3) is 1.70. The van der Waals surface area contributed by atoms with Crippen LogP contribution in [-0.2, 0) is 0 Å². The molecule has 2 nitrogen and oxygen atoms in total. The molecule has 0 unspecified atom stereocenters. The highest BCUT2D eigenvalue weighted by Crippen LogP contribution is 2.04. The molecule has 1 aliphatic heterocycles. The van der Waals surface area contributed by atoms with E-state index in [9.17, 15) is 0 Å². The summed E-state index contributed by atoms with van der Waals surface area (Å²) in [5.74, 6) is 0. The largest absolute Gasteiger partial charge is 0.311 e. The van der Waals surface area contributed by atoms with Crippen molar-refractivity contribution in [3.8, 4) is 0 Å². The lowest BCUT2D eigenvalue weighted by molar-refractivity contribution is 0.173. The lowest BCUT2D eigenvalue weighted by Gasteiger charge is -2.35. The van der Waals surface area contributed by atoms with Crippen molar-refractivity contribution in [3.05, 3.63) is 0 Å². The minimum absolute atomic E-state index is 0.711. The van der Waals surface area contributed by atoms with Gasteiger partial charge in [-0.15, -0.1) is 0 Å². The summed E-state index contributed by atoms with van der Waals surface area (Å²) in [6.45, 7) is 6.85. The SMILES string of the molecule is CC[C@H]1CN(C)[C@H](C)CN1. The van der Waals surface area contributed by atoms with Gasteiger partial charge in [-0.1, -0.05) is 6.92 Å². The van der Waals surface area contributed by atoms with Crippen molar-refractivity contribution in [3.63, 3.8) is 0 Å². The van der Waals surface area contributed by atoms with Crippen LogP contribution >= 0.6 is 0 Å². The fourth-order valence-corrected chi connectivity index (χ4v) is 1.36. The average Bonchev–Trinajstić information content (AvgIpc) is 1.95. The van der Waals surface area contributed by atoms with Gasteiger partial charge in [-0.3, -0.25) is 0 Å². The van der Waals surface area contributed by atoms with E-state index in [1.54, 1.807) is 0 Å². The molecule has 60 valence electrons. The maximum absolute atomic E-state index is 3.51. The van der Waals surface area contributed by atoms with E-state index in [-0.39, 0.29) is 0 Å². The Morgan fingerprint density at radius 3 is 2.80 bits per heavy atom. The zero-order valence-corrected chi connectivity index (χ0v) is 7.22. The van der Waals surface area contributed by atoms with Crippen LogP contribution in [0.15, 0.2) is 0 Å². The van der Waals surface area contributed by atoms with Gasteiger partial charge >= 0.3 is 0 Å². The van der Waals surface area contributed by atoms with Crippen LogP contribution in [0.2, 0.25) is 0 Å². The molecule has 1 N–H and O–H groups in total. The highest BCUT2D eigenvalue weighted by atomic mass is 15.2. The van der Waals surface area contributed by atoms with Gasteiger partial charge in [-0.05, 0) is 20.4 Å². The standard InChI is InChI=1S/C8H18N2/c1-4-8-6-10(3)7(2)5-9-8/h7-9H,4-6H2,1-3H3/t7-,8+/m1/s1. The Labute approximate surface area is 63.6 Å². The number of nitrogens with one attached hydrogen (secondary N) is 1. The summed E-state index contributed by atoms with van der Waals surface area (Å²) in [7, 11) is 2.20. The maximum atomic E-state index is 3.51. The minimum Gasteiger partial charge on any atom is -0.311 e. The van der Waals surface area contributed by atoms with E-state index in [0.29, 0.717) is 6.04 Å². The molecular formula is C8H18N2. The quantitative estimate of drug-likeness (QED) is 0.579. The summed E-state index contributed by atoms with van der Waals surface area (Å²) in [5, 5.41) is 3.51. The van der Waals surface area contributed by atoms with Crippen molar-refractivity contribution >= 4 is 0 Å². The molecule has 0 saturated carbocycles. The smallest absolute Gasteiger partial charge is 0.0193 e. The van der Waals surface area contributed by atoms with Gasteiger partial charge in [0.1, 0.15) is 0 Å². The molecule has 0 aromatic heterocycles. The fraction of sp³-hybridized carbons (Fsp3) is 1.00. The summed E-state index contributed by atoms with van der Waals surface area (Å²) in [5.41, 5.74) is 0. The third-order valence-electron chi connectivity index (χ3n) is 2.46. The van der Waals surface area contributed by atoms with Gasteiger partial charge in [-0.25, -0.2) is 0 Å². The Kier molecular flexibility index (Phi) is 2.69. The van der Waals surface area contributed by atoms with Gasteiger partial charge in [-0.2, -0.15) is 0 Å². The van der Waals surface area contributed by atoms with Crippen LogP contribution in [0.3, 0.4) is 0 Å². The first-order valence-corrected chi connectivity index (χ1v) is 4.17. The minimum atomic E-state index is 0.711. The van der Waals surface area contributed by atoms with E-state index in [0.717, 1.165) is 12.6 Å². The second-order valence-corrected chi connectivity index (χ2v) is 3.30. The van der Waals surface area contributed by atoms with Crippen molar-refractivity contribution < 1.29 is 0 Å². The average molecular weight is 142 g/mol. The summed E-state index contributed by atoms with van der Waals surface area (Å²) in [6, 6.07) is 1.43. The summed E-state index contributed by atoms with van der Waals surface area (Å²) in [4.78, 5) is 2.42. The van der Waals surface area contributed by atoms with E-state index in [1.807, 2.05) is 0 Å². The van der Waals surface area contributed by atoms with Crippen LogP contribution in [0.5, 0.6) is 0 Å². The van der Waals surface area contributed by atoms with Crippen molar-refractivity contribution in [2.24, 2.45) is 0 Å². The normalized spacial score (nSPS) is 36.3. The zero-order valence-electron chi connectivity index (χ0n) is 7.22. The summed E-state index contributed by atoms with van der Waals surface area (Å²) < 4.78 is 0. The molecule has 0 aromatic rings. The van der Waals surface area contributed by atoms with Gasteiger partial charge in [0, 0.05) is 25.2 Å². The Balaban J connectivity index is 2.33. The second kappa shape index (κ2) is 3.35. The van der Waals surface area contributed by atoms with Crippen LogP contribution in [0.25, 0.3) is 0 Å². The predicted octanol–water partition coefficient (Wildman–Crippen LogP) is 0.689. The van der Waals surface area contributed by atoms with Crippen LogP contribution in [-0.4, -0.2) is 37.1 Å². The lowest BCUT2D eigenvalue weighted by atomic mass is 10.1. The van der Waals surface area contributed by atoms with Crippen molar-refractivity contribution in [2.45, 2.75) is 32.4 Å². The van der Waals surface area contributed by atoms with E-state index in [4.69, 9.17) is 0 Å². The van der Waals surface area contributed by atoms with Crippen molar-refractivity contribution in [1.82, 2.24) is 10.2 Å². The molecule has 2 atom stereocenters. The summed E-state index contributed by atoms with van der Waals surface area (Å²) >= 11 is 0. The zero-order chi connectivity index (χ0) is 7.56. The highest BCUT2D eigenvalue weighted by molar-refractivity contribution is 4.80. The molecule has 1 saturated heterocycles. The van der Waals surface area contributed by atoms with Gasteiger partial charge < -0.3 is 10.2 Å². The molecule has 0 bridgehead atoms. The number of nitrogens with zero attached hydrogens (tertiary/aromatic N) is 1. The predicted molar refractivity (Wildman–Crippen MR) is 44.2 cm³/mol. The molecule has 10 heavy (non-hydrogen) atoms. The first kappa shape index (κ1) is 8.02. The van der Waals surface area contributed by atoms with Crippen LogP contribution in [0.1, 0.15) is 20.3 Å². The summed E-state index contributed by atoms with van der Waals surface area (Å²) in [6.07, 6.45) is 1.25. The number of hydrogen-bond donors (Lipinski definition) is 1. The first-order chi connectivity index (χ1) is 4.74. The second-order valence-electron chi connectivity index (χ2n) is 3.30. The van der Waals surface area contributed by atoms with Crippen molar-refractivity contribution in [2.75, 3.05) is 20.1 Å². The first-order valence-electron chi connectivity index (χ1n) is 4.17. The van der Waals surface area contributed by atoms with Gasteiger partial charge in [0.2, 0.25) is 0 Å². The van der Waals surface area contributed by atoms with Crippen molar-refractivity contribution in [1.29, 1.82) is 0 Å². The Morgan fingerprint density at radius 2 is 2.30 bits per heavy atom. The Bertz CT molecular complexity index is 103. The van der Waals surface area contributed by atoms with E-state index < -0.39 is 0 Å². The molecule has 1 rings (SSSR count). The van der Waals surface area contributed by atoms with E-state index in [2.05, 4.69) is 31.1 Å². The topological polar surface area (TPSA) is 15.3 Å². The molecule has 0 amide bonds. The Morgan fingerprint density at radius 1 is 1.60 bits per heavy atom. The number of rotatable bonds is 1. The fourth-order valence-electron chi connectivity index (χ4n) is 1.36. The molecule has 0 radical (unpaired) electrons. The van der Waals surface area contributed by atoms with Gasteiger partial charge in [0.25, 0.3) is 0 Å². The molecule has 1 aliphatic rings. The molecule has 1 heterocycles. The molecule has 0 spiro atoms. The number of piperazine rings is 1. The van der Waals surface area contributed by atoms with E-state index >= 15 is 0 Å². The highest BCUT2D eigenvalue weighted by Gasteiger charge is 2.19. The van der Waals surface area contributed by atoms with Gasteiger partial charge in [0.05, 0.1) is 0 Å². The molecule has 0 aromatic carbocycles. The third-order valence-corrected chi connectivity index (χ3v) is 2.46.